The molecule has 1 saturated heterocycles. The van der Waals surface area contributed by atoms with E-state index in [2.05, 4.69) is 72.5 Å². The summed E-state index contributed by atoms with van der Waals surface area (Å²) in [6.07, 6.45) is 0.723. The molecular formula is C26H27NO3. The van der Waals surface area contributed by atoms with Gasteiger partial charge in [0.25, 0.3) is 0 Å². The fourth-order valence-electron chi connectivity index (χ4n) is 4.36. The summed E-state index contributed by atoms with van der Waals surface area (Å²) >= 11 is 0. The molecule has 0 spiro atoms. The number of hydrogen-bond acceptors (Lipinski definition) is 4. The lowest BCUT2D eigenvalue weighted by Gasteiger charge is -2.40. The first-order chi connectivity index (χ1) is 14.8. The molecule has 2 aliphatic rings. The van der Waals surface area contributed by atoms with Crippen LogP contribution in [-0.4, -0.2) is 32.4 Å². The number of hydrogen-bond donors (Lipinski definition) is 0. The van der Waals surface area contributed by atoms with Crippen molar-refractivity contribution < 1.29 is 14.2 Å². The molecule has 5 rings (SSSR count). The third-order valence-electron chi connectivity index (χ3n) is 5.80. The fourth-order valence-corrected chi connectivity index (χ4v) is 4.36. The number of ether oxygens (including phenoxy) is 3. The van der Waals surface area contributed by atoms with Gasteiger partial charge in [-0.2, -0.15) is 0 Å². The lowest BCUT2D eigenvalue weighted by molar-refractivity contribution is -0.0365. The quantitative estimate of drug-likeness (QED) is 0.566. The van der Waals surface area contributed by atoms with Gasteiger partial charge in [0.05, 0.1) is 13.2 Å². The maximum Gasteiger partial charge on any atom is 0.170 e. The van der Waals surface area contributed by atoms with Gasteiger partial charge in [-0.3, -0.25) is 0 Å². The van der Waals surface area contributed by atoms with E-state index in [9.17, 15) is 0 Å². The fraction of sp³-hybridized carbons (Fsp3) is 0.308. The predicted octanol–water partition coefficient (Wildman–Crippen LogP) is 5.48. The molecule has 4 nitrogen and oxygen atoms in total. The minimum Gasteiger partial charge on any atom is -0.490 e. The summed E-state index contributed by atoms with van der Waals surface area (Å²) in [6.45, 7) is 5.14. The van der Waals surface area contributed by atoms with Crippen LogP contribution in [0.4, 0.5) is 5.69 Å². The first-order valence-corrected chi connectivity index (χ1v) is 10.8. The van der Waals surface area contributed by atoms with Crippen molar-refractivity contribution in [3.05, 3.63) is 78.4 Å². The Labute approximate surface area is 178 Å². The molecule has 1 unspecified atom stereocenters. The molecule has 2 atom stereocenters. The molecule has 2 heterocycles. The van der Waals surface area contributed by atoms with Gasteiger partial charge in [0.1, 0.15) is 6.10 Å². The van der Waals surface area contributed by atoms with Crippen molar-refractivity contribution in [2.75, 3.05) is 31.2 Å². The predicted molar refractivity (Wildman–Crippen MR) is 119 cm³/mol. The number of benzene rings is 3. The van der Waals surface area contributed by atoms with Gasteiger partial charge in [-0.25, -0.2) is 0 Å². The summed E-state index contributed by atoms with van der Waals surface area (Å²) in [4.78, 5) is 2.38. The Balaban J connectivity index is 1.49. The molecule has 0 aliphatic carbocycles. The largest absolute Gasteiger partial charge is 0.490 e. The number of fused-ring (bicyclic) bond motifs is 3. The van der Waals surface area contributed by atoms with Gasteiger partial charge in [-0.15, -0.1) is 0 Å². The number of morpholine rings is 1. The third-order valence-corrected chi connectivity index (χ3v) is 5.80. The molecule has 154 valence electrons. The standard InChI is InChI=1S/C26H27NO3/c1-2-16-28-23-14-8-13-22-20-11-6-7-12-21(20)26(30-25(22)23)24-18-27(15-17-29-24)19-9-4-3-5-10-19/h3-14,24,26H,2,15-18H2,1H3/t24?,26-/m0/s1. The lowest BCUT2D eigenvalue weighted by atomic mass is 9.90. The topological polar surface area (TPSA) is 30.9 Å². The van der Waals surface area contributed by atoms with Crippen molar-refractivity contribution in [2.45, 2.75) is 25.6 Å². The zero-order chi connectivity index (χ0) is 20.3. The van der Waals surface area contributed by atoms with Crippen LogP contribution in [0.3, 0.4) is 0 Å². The van der Waals surface area contributed by atoms with Crippen LogP contribution in [0, 0.1) is 0 Å². The molecule has 0 saturated carbocycles. The van der Waals surface area contributed by atoms with E-state index < -0.39 is 0 Å². The Hall–Kier alpha value is -2.98. The molecule has 3 aromatic rings. The Morgan fingerprint density at radius 3 is 2.60 bits per heavy atom. The summed E-state index contributed by atoms with van der Waals surface area (Å²) in [6, 6.07) is 25.2. The highest BCUT2D eigenvalue weighted by Gasteiger charge is 2.37. The summed E-state index contributed by atoms with van der Waals surface area (Å²) < 4.78 is 18.9. The summed E-state index contributed by atoms with van der Waals surface area (Å²) in [5.41, 5.74) is 4.69. The van der Waals surface area contributed by atoms with Crippen molar-refractivity contribution >= 4 is 5.69 Å². The van der Waals surface area contributed by atoms with Crippen molar-refractivity contribution in [3.63, 3.8) is 0 Å². The van der Waals surface area contributed by atoms with Crippen LogP contribution in [0.1, 0.15) is 25.0 Å². The molecule has 0 N–H and O–H groups in total. The van der Waals surface area contributed by atoms with E-state index in [0.29, 0.717) is 13.2 Å². The first kappa shape index (κ1) is 19.0. The van der Waals surface area contributed by atoms with Gasteiger partial charge in [0.2, 0.25) is 0 Å². The Morgan fingerprint density at radius 2 is 1.73 bits per heavy atom. The second-order valence-corrected chi connectivity index (χ2v) is 7.80. The average molecular weight is 402 g/mol. The molecule has 0 aromatic heterocycles. The number of para-hydroxylation sites is 2. The second kappa shape index (κ2) is 8.41. The van der Waals surface area contributed by atoms with Crippen molar-refractivity contribution in [1.82, 2.24) is 0 Å². The highest BCUT2D eigenvalue weighted by molar-refractivity contribution is 5.78. The van der Waals surface area contributed by atoms with Crippen LogP contribution in [0.25, 0.3) is 11.1 Å². The summed E-state index contributed by atoms with van der Waals surface area (Å²) in [5.74, 6) is 1.64. The van der Waals surface area contributed by atoms with Crippen LogP contribution in [0.15, 0.2) is 72.8 Å². The Morgan fingerprint density at radius 1 is 0.933 bits per heavy atom. The van der Waals surface area contributed by atoms with E-state index >= 15 is 0 Å². The second-order valence-electron chi connectivity index (χ2n) is 7.80. The maximum atomic E-state index is 6.63. The van der Waals surface area contributed by atoms with E-state index in [1.54, 1.807) is 0 Å². The minimum absolute atomic E-state index is 0.0625. The molecule has 0 amide bonds. The molecule has 1 fully saturated rings. The van der Waals surface area contributed by atoms with Gasteiger partial charge >= 0.3 is 0 Å². The summed E-state index contributed by atoms with van der Waals surface area (Å²) in [7, 11) is 0. The first-order valence-electron chi connectivity index (χ1n) is 10.8. The average Bonchev–Trinajstić information content (AvgIpc) is 2.83. The Kier molecular flexibility index (Phi) is 5.33. The SMILES string of the molecule is CCCOc1cccc2c1O[C@H](C1CN(c3ccccc3)CCO1)c1ccccc1-2. The third kappa shape index (κ3) is 3.52. The zero-order valence-corrected chi connectivity index (χ0v) is 17.3. The van der Waals surface area contributed by atoms with Crippen molar-refractivity contribution in [2.24, 2.45) is 0 Å². The van der Waals surface area contributed by atoms with Gasteiger partial charge in [0.15, 0.2) is 17.6 Å². The highest BCUT2D eigenvalue weighted by Crippen LogP contribution is 2.48. The molecule has 3 aromatic carbocycles. The molecule has 2 aliphatic heterocycles. The van der Waals surface area contributed by atoms with E-state index in [0.717, 1.165) is 36.6 Å². The Bertz CT molecular complexity index is 1000. The van der Waals surface area contributed by atoms with E-state index in [1.165, 1.54) is 16.8 Å². The van der Waals surface area contributed by atoms with E-state index in [4.69, 9.17) is 14.2 Å². The van der Waals surface area contributed by atoms with E-state index in [-0.39, 0.29) is 12.2 Å². The van der Waals surface area contributed by atoms with Crippen molar-refractivity contribution in [3.8, 4) is 22.6 Å². The van der Waals surface area contributed by atoms with Gasteiger partial charge in [-0.1, -0.05) is 61.5 Å². The highest BCUT2D eigenvalue weighted by atomic mass is 16.6. The van der Waals surface area contributed by atoms with E-state index in [1.807, 2.05) is 12.1 Å². The van der Waals surface area contributed by atoms with Gasteiger partial charge < -0.3 is 19.1 Å². The summed E-state index contributed by atoms with van der Waals surface area (Å²) in [5, 5.41) is 0. The van der Waals surface area contributed by atoms with Crippen LogP contribution < -0.4 is 14.4 Å². The molecule has 4 heteroatoms. The maximum absolute atomic E-state index is 6.63. The number of rotatable bonds is 5. The number of nitrogens with zero attached hydrogens (tertiary/aromatic N) is 1. The van der Waals surface area contributed by atoms with Crippen LogP contribution >= 0.6 is 0 Å². The monoisotopic (exact) mass is 401 g/mol. The zero-order valence-electron chi connectivity index (χ0n) is 17.3. The van der Waals surface area contributed by atoms with Gasteiger partial charge in [-0.05, 0) is 30.2 Å². The van der Waals surface area contributed by atoms with Crippen molar-refractivity contribution in [1.29, 1.82) is 0 Å². The molecular weight excluding hydrogens is 374 g/mol. The number of anilines is 1. The normalized spacial score (nSPS) is 20.1. The van der Waals surface area contributed by atoms with Crippen LogP contribution in [0.2, 0.25) is 0 Å². The van der Waals surface area contributed by atoms with Crippen LogP contribution in [0.5, 0.6) is 11.5 Å². The molecule has 0 bridgehead atoms. The van der Waals surface area contributed by atoms with Crippen LogP contribution in [-0.2, 0) is 4.74 Å². The van der Waals surface area contributed by atoms with Gasteiger partial charge in [0, 0.05) is 29.9 Å². The minimum atomic E-state index is -0.174. The lowest BCUT2D eigenvalue weighted by Crippen LogP contribution is -2.46. The smallest absolute Gasteiger partial charge is 0.170 e. The molecule has 0 radical (unpaired) electrons. The molecule has 30 heavy (non-hydrogen) atoms.